The van der Waals surface area contributed by atoms with Crippen LogP contribution in [0.5, 0.6) is 0 Å². The van der Waals surface area contributed by atoms with Crippen LogP contribution in [0.4, 0.5) is 0 Å². The SMILES string of the molecule is CC1CC(CN)CCN1Cc1cccc2c1C(=O)N(C1CCC(=O)NC1=O)C2=O. The van der Waals surface area contributed by atoms with Crippen molar-refractivity contribution >= 4 is 23.6 Å². The van der Waals surface area contributed by atoms with E-state index in [0.717, 1.165) is 29.8 Å². The number of imide groups is 2. The Labute approximate surface area is 169 Å². The molecule has 0 aromatic heterocycles. The fraction of sp³-hybridized carbons (Fsp3) is 0.524. The maximum atomic E-state index is 13.2. The minimum Gasteiger partial charge on any atom is -0.330 e. The van der Waals surface area contributed by atoms with E-state index in [4.69, 9.17) is 5.73 Å². The van der Waals surface area contributed by atoms with Gasteiger partial charge in [0.15, 0.2) is 0 Å². The Bertz CT molecular complexity index is 883. The van der Waals surface area contributed by atoms with Crippen molar-refractivity contribution in [3.8, 4) is 0 Å². The van der Waals surface area contributed by atoms with Crippen molar-refractivity contribution in [3.63, 3.8) is 0 Å². The lowest BCUT2D eigenvalue weighted by molar-refractivity contribution is -0.136. The number of fused-ring (bicyclic) bond motifs is 1. The second-order valence-corrected chi connectivity index (χ2v) is 8.23. The lowest BCUT2D eigenvalue weighted by atomic mass is 9.91. The molecule has 1 aromatic carbocycles. The van der Waals surface area contributed by atoms with Crippen LogP contribution in [0.3, 0.4) is 0 Å². The van der Waals surface area contributed by atoms with Gasteiger partial charge >= 0.3 is 0 Å². The van der Waals surface area contributed by atoms with Gasteiger partial charge in [-0.3, -0.25) is 34.3 Å². The number of likely N-dealkylation sites (tertiary alicyclic amines) is 1. The monoisotopic (exact) mass is 398 g/mol. The average Bonchev–Trinajstić information content (AvgIpc) is 2.95. The van der Waals surface area contributed by atoms with Crippen LogP contribution in [0, 0.1) is 5.92 Å². The van der Waals surface area contributed by atoms with E-state index in [2.05, 4.69) is 17.1 Å². The molecule has 3 unspecified atom stereocenters. The van der Waals surface area contributed by atoms with Crippen LogP contribution in [0.15, 0.2) is 18.2 Å². The molecule has 0 aliphatic carbocycles. The highest BCUT2D eigenvalue weighted by Gasteiger charge is 2.45. The minimum absolute atomic E-state index is 0.115. The summed E-state index contributed by atoms with van der Waals surface area (Å²) in [5.74, 6) is -1.35. The zero-order chi connectivity index (χ0) is 20.7. The molecular weight excluding hydrogens is 372 g/mol. The minimum atomic E-state index is -0.938. The number of nitrogens with zero attached hydrogens (tertiary/aromatic N) is 2. The van der Waals surface area contributed by atoms with Crippen molar-refractivity contribution in [2.45, 2.75) is 51.2 Å². The number of nitrogens with two attached hydrogens (primary N) is 1. The fourth-order valence-corrected chi connectivity index (χ4v) is 4.70. The molecule has 8 nitrogen and oxygen atoms in total. The van der Waals surface area contributed by atoms with Crippen LogP contribution in [0.25, 0.3) is 0 Å². The van der Waals surface area contributed by atoms with Gasteiger partial charge in [0.25, 0.3) is 11.8 Å². The Morgan fingerprint density at radius 3 is 2.62 bits per heavy atom. The standard InChI is InChI=1S/C21H26N4O4/c1-12-9-13(10-22)7-8-24(12)11-14-3-2-4-15-18(14)21(29)25(20(15)28)16-5-6-17(26)23-19(16)27/h2-4,12-13,16H,5-11,22H2,1H3,(H,23,26,27). The molecule has 0 saturated carbocycles. The molecule has 1 aromatic rings. The Hall–Kier alpha value is -2.58. The van der Waals surface area contributed by atoms with Gasteiger partial charge in [0.2, 0.25) is 11.8 Å². The third-order valence-electron chi connectivity index (χ3n) is 6.38. The van der Waals surface area contributed by atoms with Crippen LogP contribution in [-0.2, 0) is 16.1 Å². The molecule has 29 heavy (non-hydrogen) atoms. The van der Waals surface area contributed by atoms with Crippen molar-refractivity contribution in [1.29, 1.82) is 0 Å². The van der Waals surface area contributed by atoms with E-state index in [0.29, 0.717) is 36.2 Å². The summed E-state index contributed by atoms with van der Waals surface area (Å²) >= 11 is 0. The predicted octanol–water partition coefficient (Wildman–Crippen LogP) is 0.647. The first-order valence-electron chi connectivity index (χ1n) is 10.2. The van der Waals surface area contributed by atoms with Crippen molar-refractivity contribution in [2.24, 2.45) is 11.7 Å². The Balaban J connectivity index is 1.58. The molecule has 154 valence electrons. The average molecular weight is 398 g/mol. The summed E-state index contributed by atoms with van der Waals surface area (Å²) in [4.78, 5) is 53.1. The zero-order valence-electron chi connectivity index (χ0n) is 16.5. The van der Waals surface area contributed by atoms with Crippen LogP contribution in [0.2, 0.25) is 0 Å². The van der Waals surface area contributed by atoms with Crippen molar-refractivity contribution in [2.75, 3.05) is 13.1 Å². The summed E-state index contributed by atoms with van der Waals surface area (Å²) in [5.41, 5.74) is 7.34. The van der Waals surface area contributed by atoms with Gasteiger partial charge < -0.3 is 5.73 Å². The Morgan fingerprint density at radius 1 is 1.14 bits per heavy atom. The van der Waals surface area contributed by atoms with Gasteiger partial charge in [0, 0.05) is 19.0 Å². The van der Waals surface area contributed by atoms with E-state index >= 15 is 0 Å². The van der Waals surface area contributed by atoms with E-state index in [1.807, 2.05) is 6.07 Å². The smallest absolute Gasteiger partial charge is 0.262 e. The zero-order valence-corrected chi connectivity index (χ0v) is 16.5. The third kappa shape index (κ3) is 3.47. The molecule has 8 heteroatoms. The molecule has 3 N–H and O–H groups in total. The van der Waals surface area contributed by atoms with Gasteiger partial charge in [-0.1, -0.05) is 12.1 Å². The van der Waals surface area contributed by atoms with E-state index < -0.39 is 23.8 Å². The number of hydrogen-bond donors (Lipinski definition) is 2. The highest BCUT2D eigenvalue weighted by atomic mass is 16.2. The van der Waals surface area contributed by atoms with Gasteiger partial charge in [-0.05, 0) is 56.8 Å². The topological polar surface area (TPSA) is 113 Å². The number of carbonyl (C=O) groups excluding carboxylic acids is 4. The van der Waals surface area contributed by atoms with Crippen molar-refractivity contribution in [3.05, 3.63) is 34.9 Å². The van der Waals surface area contributed by atoms with E-state index in [-0.39, 0.29) is 18.7 Å². The molecule has 3 atom stereocenters. The molecule has 3 aliphatic rings. The molecule has 4 rings (SSSR count). The van der Waals surface area contributed by atoms with Gasteiger partial charge in [0.05, 0.1) is 11.1 Å². The first kappa shape index (κ1) is 19.7. The summed E-state index contributed by atoms with van der Waals surface area (Å²) in [5, 5.41) is 2.23. The second-order valence-electron chi connectivity index (χ2n) is 8.23. The lowest BCUT2D eigenvalue weighted by Crippen LogP contribution is -2.54. The van der Waals surface area contributed by atoms with Gasteiger partial charge in [-0.2, -0.15) is 0 Å². The molecule has 0 bridgehead atoms. The largest absolute Gasteiger partial charge is 0.330 e. The number of rotatable bonds is 4. The summed E-state index contributed by atoms with van der Waals surface area (Å²) in [6.07, 6.45) is 2.31. The number of hydrogen-bond acceptors (Lipinski definition) is 6. The van der Waals surface area contributed by atoms with Crippen LogP contribution < -0.4 is 11.1 Å². The summed E-state index contributed by atoms with van der Waals surface area (Å²) in [6.45, 7) is 4.32. The molecule has 3 heterocycles. The Kier molecular flexibility index (Phi) is 5.23. The maximum absolute atomic E-state index is 13.2. The van der Waals surface area contributed by atoms with Crippen molar-refractivity contribution in [1.82, 2.24) is 15.1 Å². The second kappa shape index (κ2) is 7.68. The molecule has 2 saturated heterocycles. The van der Waals surface area contributed by atoms with Crippen LogP contribution in [0.1, 0.15) is 58.9 Å². The molecule has 2 fully saturated rings. The highest BCUT2D eigenvalue weighted by molar-refractivity contribution is 6.24. The molecule has 3 aliphatic heterocycles. The molecule has 0 radical (unpaired) electrons. The molecule has 0 spiro atoms. The first-order valence-corrected chi connectivity index (χ1v) is 10.2. The number of carbonyl (C=O) groups is 4. The number of piperidine rings is 2. The maximum Gasteiger partial charge on any atom is 0.262 e. The third-order valence-corrected chi connectivity index (χ3v) is 6.38. The highest BCUT2D eigenvalue weighted by Crippen LogP contribution is 2.32. The summed E-state index contributed by atoms with van der Waals surface area (Å²) in [7, 11) is 0. The van der Waals surface area contributed by atoms with Gasteiger partial charge in [0.1, 0.15) is 6.04 Å². The lowest BCUT2D eigenvalue weighted by Gasteiger charge is -2.37. The number of nitrogens with one attached hydrogen (secondary N) is 1. The molecular formula is C21H26N4O4. The number of benzene rings is 1. The summed E-state index contributed by atoms with van der Waals surface area (Å²) < 4.78 is 0. The van der Waals surface area contributed by atoms with Crippen LogP contribution >= 0.6 is 0 Å². The van der Waals surface area contributed by atoms with E-state index in [1.165, 1.54) is 0 Å². The first-order chi connectivity index (χ1) is 13.9. The Morgan fingerprint density at radius 2 is 1.93 bits per heavy atom. The van der Waals surface area contributed by atoms with Gasteiger partial charge in [-0.15, -0.1) is 0 Å². The van der Waals surface area contributed by atoms with E-state index in [9.17, 15) is 19.2 Å². The predicted molar refractivity (Wildman–Crippen MR) is 105 cm³/mol. The van der Waals surface area contributed by atoms with E-state index in [1.54, 1.807) is 12.1 Å². The normalized spacial score (nSPS) is 27.9. The fourth-order valence-electron chi connectivity index (χ4n) is 4.70. The summed E-state index contributed by atoms with van der Waals surface area (Å²) in [6, 6.07) is 4.69. The van der Waals surface area contributed by atoms with Crippen LogP contribution in [-0.4, -0.2) is 58.6 Å². The van der Waals surface area contributed by atoms with Gasteiger partial charge in [-0.25, -0.2) is 0 Å². The molecule has 4 amide bonds. The quantitative estimate of drug-likeness (QED) is 0.720. The van der Waals surface area contributed by atoms with Crippen molar-refractivity contribution < 1.29 is 19.2 Å². The number of amides is 4.